The maximum atomic E-state index is 15.0. The van der Waals surface area contributed by atoms with Crippen molar-refractivity contribution in [3.05, 3.63) is 83.7 Å². The lowest BCUT2D eigenvalue weighted by atomic mass is 9.82. The molecule has 1 aromatic carbocycles. The van der Waals surface area contributed by atoms with Crippen molar-refractivity contribution in [3.8, 4) is 11.1 Å². The van der Waals surface area contributed by atoms with Crippen LogP contribution in [-0.2, 0) is 30.5 Å². The molecule has 284 valence electrons. The van der Waals surface area contributed by atoms with Crippen molar-refractivity contribution in [2.45, 2.75) is 73.0 Å². The van der Waals surface area contributed by atoms with Crippen LogP contribution < -0.4 is 21.7 Å². The molecular formula is C38H52F2N6O6. The van der Waals surface area contributed by atoms with Gasteiger partial charge in [0.1, 0.15) is 18.2 Å². The molecule has 0 radical (unpaired) electrons. The lowest BCUT2D eigenvalue weighted by Gasteiger charge is -2.41. The molecule has 4 amide bonds. The molecule has 52 heavy (non-hydrogen) atoms. The number of ketones is 1. The number of aromatic nitrogens is 1. The van der Waals surface area contributed by atoms with Crippen molar-refractivity contribution in [2.75, 3.05) is 32.8 Å². The third kappa shape index (κ3) is 13.6. The number of hydrogen-bond donors (Lipinski definition) is 5. The van der Waals surface area contributed by atoms with E-state index in [0.717, 1.165) is 35.9 Å². The fourth-order valence-electron chi connectivity index (χ4n) is 5.54. The van der Waals surface area contributed by atoms with Crippen molar-refractivity contribution in [3.63, 3.8) is 0 Å². The maximum Gasteiger partial charge on any atom is 0.248 e. The number of nitrogens with zero attached hydrogens (tertiary/aromatic N) is 2. The number of amides is 4. The summed E-state index contributed by atoms with van der Waals surface area (Å²) in [5.41, 5.74) is 7.58. The standard InChI is InChI=1S/C38H52F2N6O6/c1-7-9-26(8-2)22-45-23-27(29-21-28(39)11-12-30(29)40)20-32(45)36(38(4,5)6)46(35(51)24-47)19-15-31(41)37(52)44-18-17-43-34(50)14-16-42-33(49)13-10-25(3)48/h7-13,20-21,23,31,36,47H,14-19,22,24,41H2,1-6H3,(H,42,49)(H,43,50)(H,44,52)/b9-7-,13-10-,26-8+/t31-,36-/m0/s1. The molecule has 12 nitrogen and oxygen atoms in total. The first kappa shape index (κ1) is 43.2. The minimum Gasteiger partial charge on any atom is -0.387 e. The number of allylic oxidation sites excluding steroid dienone is 5. The summed E-state index contributed by atoms with van der Waals surface area (Å²) in [5, 5.41) is 17.8. The van der Waals surface area contributed by atoms with Gasteiger partial charge in [-0.2, -0.15) is 0 Å². The van der Waals surface area contributed by atoms with Crippen molar-refractivity contribution in [1.29, 1.82) is 0 Å². The number of rotatable bonds is 19. The lowest BCUT2D eigenvalue weighted by Crippen LogP contribution is -2.48. The Bertz CT molecular complexity index is 1660. The van der Waals surface area contributed by atoms with Gasteiger partial charge in [-0.05, 0) is 68.5 Å². The Labute approximate surface area is 304 Å². The Morgan fingerprint density at radius 1 is 0.981 bits per heavy atom. The van der Waals surface area contributed by atoms with Crippen LogP contribution in [0.3, 0.4) is 0 Å². The van der Waals surface area contributed by atoms with Crippen LogP contribution >= 0.6 is 0 Å². The largest absolute Gasteiger partial charge is 0.387 e. The summed E-state index contributed by atoms with van der Waals surface area (Å²) < 4.78 is 31.1. The zero-order chi connectivity index (χ0) is 39.0. The Kier molecular flexibility index (Phi) is 17.3. The van der Waals surface area contributed by atoms with Gasteiger partial charge >= 0.3 is 0 Å². The summed E-state index contributed by atoms with van der Waals surface area (Å²) in [7, 11) is 0. The van der Waals surface area contributed by atoms with Gasteiger partial charge in [-0.3, -0.25) is 24.0 Å². The second kappa shape index (κ2) is 20.8. The van der Waals surface area contributed by atoms with Crippen LogP contribution in [0.2, 0.25) is 0 Å². The van der Waals surface area contributed by atoms with Crippen molar-refractivity contribution < 1.29 is 37.9 Å². The van der Waals surface area contributed by atoms with Crippen LogP contribution in [0.4, 0.5) is 8.78 Å². The molecule has 2 atom stereocenters. The minimum atomic E-state index is -1.04. The molecule has 2 rings (SSSR count). The number of aliphatic hydroxyl groups excluding tert-OH is 1. The minimum absolute atomic E-state index is 0.00974. The summed E-state index contributed by atoms with van der Waals surface area (Å²) >= 11 is 0. The van der Waals surface area contributed by atoms with Crippen molar-refractivity contribution in [2.24, 2.45) is 11.1 Å². The van der Waals surface area contributed by atoms with Gasteiger partial charge in [-0.15, -0.1) is 0 Å². The van der Waals surface area contributed by atoms with E-state index in [1.165, 1.54) is 11.8 Å². The highest BCUT2D eigenvalue weighted by molar-refractivity contribution is 5.96. The van der Waals surface area contributed by atoms with E-state index in [0.29, 0.717) is 17.8 Å². The van der Waals surface area contributed by atoms with Crippen molar-refractivity contribution in [1.82, 2.24) is 25.4 Å². The van der Waals surface area contributed by atoms with Gasteiger partial charge < -0.3 is 36.3 Å². The molecule has 0 aliphatic carbocycles. The predicted octanol–water partition coefficient (Wildman–Crippen LogP) is 3.47. The number of carbonyl (C=O) groups is 5. The van der Waals surface area contributed by atoms with Gasteiger partial charge in [0, 0.05) is 68.2 Å². The van der Waals surface area contributed by atoms with Gasteiger partial charge in [0.05, 0.1) is 12.1 Å². The first-order valence-corrected chi connectivity index (χ1v) is 17.1. The van der Waals surface area contributed by atoms with E-state index < -0.39 is 53.5 Å². The fraction of sp³-hybridized carbons (Fsp3) is 0.447. The summed E-state index contributed by atoms with van der Waals surface area (Å²) in [5.74, 6) is -3.47. The average Bonchev–Trinajstić information content (AvgIpc) is 3.49. The number of hydrogen-bond acceptors (Lipinski definition) is 7. The number of aliphatic hydroxyl groups is 1. The van der Waals surface area contributed by atoms with E-state index in [1.54, 1.807) is 12.3 Å². The molecule has 1 aromatic heterocycles. The quantitative estimate of drug-likeness (QED) is 0.0837. The van der Waals surface area contributed by atoms with Crippen LogP contribution in [-0.4, -0.2) is 82.8 Å². The second-order valence-corrected chi connectivity index (χ2v) is 13.3. The Balaban J connectivity index is 2.21. The number of halogens is 2. The molecule has 0 spiro atoms. The van der Waals surface area contributed by atoms with Crippen LogP contribution in [0.15, 0.2) is 66.4 Å². The third-order valence-electron chi connectivity index (χ3n) is 8.03. The summed E-state index contributed by atoms with van der Waals surface area (Å²) in [6.07, 6.45) is 9.67. The first-order chi connectivity index (χ1) is 24.5. The molecule has 0 aliphatic heterocycles. The van der Waals surface area contributed by atoms with E-state index in [9.17, 15) is 37.9 Å². The fourth-order valence-corrected chi connectivity index (χ4v) is 5.54. The molecule has 0 aliphatic rings. The second-order valence-electron chi connectivity index (χ2n) is 13.3. The van der Waals surface area contributed by atoms with E-state index in [4.69, 9.17) is 5.73 Å². The number of nitrogens with two attached hydrogens (primary N) is 1. The predicted molar refractivity (Wildman–Crippen MR) is 195 cm³/mol. The molecule has 1 heterocycles. The van der Waals surface area contributed by atoms with Gasteiger partial charge in [-0.1, -0.05) is 39.0 Å². The Morgan fingerprint density at radius 2 is 1.67 bits per heavy atom. The van der Waals surface area contributed by atoms with Crippen LogP contribution in [0.25, 0.3) is 11.1 Å². The van der Waals surface area contributed by atoms with Crippen LogP contribution in [0.5, 0.6) is 0 Å². The molecule has 14 heteroatoms. The van der Waals surface area contributed by atoms with E-state index in [-0.39, 0.29) is 56.3 Å². The third-order valence-corrected chi connectivity index (χ3v) is 8.03. The lowest BCUT2D eigenvalue weighted by molar-refractivity contribution is -0.140. The molecule has 0 saturated carbocycles. The van der Waals surface area contributed by atoms with Gasteiger partial charge in [0.2, 0.25) is 23.6 Å². The zero-order valence-electron chi connectivity index (χ0n) is 30.8. The molecule has 0 fully saturated rings. The van der Waals surface area contributed by atoms with E-state index >= 15 is 0 Å². The van der Waals surface area contributed by atoms with Crippen molar-refractivity contribution >= 4 is 29.4 Å². The van der Waals surface area contributed by atoms with E-state index in [1.807, 2.05) is 57.4 Å². The highest BCUT2D eigenvalue weighted by Crippen LogP contribution is 2.41. The molecule has 0 saturated heterocycles. The van der Waals surface area contributed by atoms with Gasteiger partial charge in [-0.25, -0.2) is 8.78 Å². The average molecular weight is 727 g/mol. The Morgan fingerprint density at radius 3 is 2.29 bits per heavy atom. The number of carbonyl (C=O) groups excluding carboxylic acids is 5. The summed E-state index contributed by atoms with van der Waals surface area (Å²) in [6.45, 7) is 10.6. The number of benzene rings is 1. The molecule has 2 aromatic rings. The molecule has 0 bridgehead atoms. The van der Waals surface area contributed by atoms with Gasteiger partial charge in [0.25, 0.3) is 0 Å². The smallest absolute Gasteiger partial charge is 0.248 e. The number of nitrogens with one attached hydrogen (secondary N) is 3. The molecule has 0 unspecified atom stereocenters. The normalized spacial score (nSPS) is 13.2. The SMILES string of the molecule is C/C=C\C(=C/C)Cn1cc(-c2cc(F)ccc2F)cc1[C@H](N(CC[C@H](N)C(=O)NCCNC(=O)CCNC(=O)/C=C\C(C)=O)C(=O)CO)C(C)(C)C. The highest BCUT2D eigenvalue weighted by Gasteiger charge is 2.37. The van der Waals surface area contributed by atoms with Crippen LogP contribution in [0.1, 0.15) is 66.1 Å². The Hall–Kier alpha value is -4.95. The van der Waals surface area contributed by atoms with Crippen LogP contribution in [0, 0.1) is 17.0 Å². The van der Waals surface area contributed by atoms with E-state index in [2.05, 4.69) is 16.0 Å². The first-order valence-electron chi connectivity index (χ1n) is 17.1. The molecule has 6 N–H and O–H groups in total. The summed E-state index contributed by atoms with van der Waals surface area (Å²) in [4.78, 5) is 62.3. The monoisotopic (exact) mass is 726 g/mol. The zero-order valence-corrected chi connectivity index (χ0v) is 30.8. The summed E-state index contributed by atoms with van der Waals surface area (Å²) in [6, 6.07) is 3.19. The maximum absolute atomic E-state index is 15.0. The topological polar surface area (TPSA) is 176 Å². The highest BCUT2D eigenvalue weighted by atomic mass is 19.1. The van der Waals surface area contributed by atoms with Gasteiger partial charge in [0.15, 0.2) is 5.78 Å². The molecular weight excluding hydrogens is 674 g/mol.